The topological polar surface area (TPSA) is 136 Å². The second-order valence-corrected chi connectivity index (χ2v) is 8.24. The molecule has 0 aliphatic carbocycles. The van der Waals surface area contributed by atoms with Gasteiger partial charge < -0.3 is 14.8 Å². The number of morpholine rings is 1. The van der Waals surface area contributed by atoms with Crippen molar-refractivity contribution in [3.8, 4) is 5.88 Å². The van der Waals surface area contributed by atoms with Gasteiger partial charge >= 0.3 is 0 Å². The lowest BCUT2D eigenvalue weighted by molar-refractivity contribution is 0.0360. The van der Waals surface area contributed by atoms with Gasteiger partial charge in [-0.2, -0.15) is 0 Å². The van der Waals surface area contributed by atoms with Gasteiger partial charge in [0.1, 0.15) is 5.56 Å². The molecule has 2 aliphatic heterocycles. The Hall–Kier alpha value is -3.74. The van der Waals surface area contributed by atoms with Crippen LogP contribution in [0, 0.1) is 15.3 Å². The number of aromatic amines is 2. The van der Waals surface area contributed by atoms with Gasteiger partial charge in [0.25, 0.3) is 5.56 Å². The molecule has 0 saturated carbocycles. The average molecular weight is 479 g/mol. The molecule has 0 radical (unpaired) electrons. The molecule has 0 unspecified atom stereocenters. The van der Waals surface area contributed by atoms with Crippen molar-refractivity contribution in [2.75, 3.05) is 32.8 Å². The zero-order chi connectivity index (χ0) is 23.5. The molecule has 1 fully saturated rings. The Kier molecular flexibility index (Phi) is 6.25. The third kappa shape index (κ3) is 4.64. The number of aromatic hydroxyl groups is 1. The molecule has 3 N–H and O–H groups in total. The number of aromatic nitrogens is 3. The first-order valence-corrected chi connectivity index (χ1v) is 11.2. The second kappa shape index (κ2) is 9.63. The van der Waals surface area contributed by atoms with Gasteiger partial charge in [0.15, 0.2) is 4.77 Å². The lowest BCUT2D eigenvalue weighted by Gasteiger charge is -2.27. The zero-order valence-corrected chi connectivity index (χ0v) is 19.0. The summed E-state index contributed by atoms with van der Waals surface area (Å²) in [6.07, 6.45) is 1.61. The highest BCUT2D eigenvalue weighted by molar-refractivity contribution is 7.71. The molecule has 0 atom stereocenters. The number of benzene rings is 1. The van der Waals surface area contributed by atoms with E-state index in [4.69, 9.17) is 17.0 Å². The molecular weight excluding hydrogens is 456 g/mol. The van der Waals surface area contributed by atoms with Crippen LogP contribution in [0.15, 0.2) is 61.9 Å². The number of ether oxygens (including phenoxy) is 1. The van der Waals surface area contributed by atoms with Gasteiger partial charge in [0.2, 0.25) is 11.7 Å². The van der Waals surface area contributed by atoms with Crippen molar-refractivity contribution < 1.29 is 9.84 Å². The predicted molar refractivity (Wildman–Crippen MR) is 126 cm³/mol. The molecule has 0 spiro atoms. The molecule has 3 aromatic rings. The third-order valence-electron chi connectivity index (χ3n) is 5.73. The highest BCUT2D eigenvalue weighted by atomic mass is 32.1. The zero-order valence-electron chi connectivity index (χ0n) is 18.1. The van der Waals surface area contributed by atoms with Gasteiger partial charge in [-0.3, -0.25) is 19.2 Å². The molecule has 11 nitrogen and oxygen atoms in total. The third-order valence-corrected chi connectivity index (χ3v) is 6.05. The van der Waals surface area contributed by atoms with E-state index in [1.54, 1.807) is 10.6 Å². The largest absolute Gasteiger partial charge is 0.494 e. The first kappa shape index (κ1) is 22.1. The van der Waals surface area contributed by atoms with E-state index in [1.807, 2.05) is 36.4 Å². The number of nitrogens with zero attached hydrogens (tertiary/aromatic N) is 6. The van der Waals surface area contributed by atoms with Crippen LogP contribution in [0.3, 0.4) is 0 Å². The van der Waals surface area contributed by atoms with E-state index in [9.17, 15) is 9.90 Å². The quantitative estimate of drug-likeness (QED) is 0.486. The van der Waals surface area contributed by atoms with Gasteiger partial charge in [0, 0.05) is 42.1 Å². The summed E-state index contributed by atoms with van der Waals surface area (Å²) in [4.78, 5) is 20.7. The van der Waals surface area contributed by atoms with Crippen molar-refractivity contribution in [1.82, 2.24) is 19.4 Å². The number of hydrogen-bond acceptors (Lipinski definition) is 9. The van der Waals surface area contributed by atoms with Crippen LogP contribution in [0.1, 0.15) is 5.56 Å². The molecular formula is C22H22N8O3S. The van der Waals surface area contributed by atoms with Gasteiger partial charge in [-0.1, -0.05) is 24.3 Å². The lowest BCUT2D eigenvalue weighted by Crippen LogP contribution is -2.38. The van der Waals surface area contributed by atoms with Crippen LogP contribution >= 0.6 is 12.2 Å². The van der Waals surface area contributed by atoms with Crippen molar-refractivity contribution >= 4 is 24.1 Å². The Bertz CT molecular complexity index is 1580. The van der Waals surface area contributed by atoms with Crippen LogP contribution in [0.25, 0.3) is 11.9 Å². The van der Waals surface area contributed by atoms with E-state index in [1.165, 1.54) is 0 Å². The first-order chi connectivity index (χ1) is 16.6. The van der Waals surface area contributed by atoms with Crippen LogP contribution in [-0.2, 0) is 11.3 Å². The summed E-state index contributed by atoms with van der Waals surface area (Å²) < 4.78 is 7.12. The van der Waals surface area contributed by atoms with Gasteiger partial charge in [-0.05, 0) is 46.1 Å². The number of hydrogen-bond donors (Lipinski definition) is 3. The SMILES string of the molecule is O=c1[nH]c(=S)n(CCN2CCOCC2)c(O)c1C=c1ccc(=c2ccc(=C3N=NN=N3)cc2)[nH]1. The summed E-state index contributed by atoms with van der Waals surface area (Å²) in [6.45, 7) is 4.20. The number of rotatable bonds is 4. The minimum absolute atomic E-state index is 0.146. The number of H-pyrrole nitrogens is 2. The summed E-state index contributed by atoms with van der Waals surface area (Å²) in [5, 5.41) is 28.8. The molecule has 34 heavy (non-hydrogen) atoms. The Balaban J connectivity index is 1.48. The van der Waals surface area contributed by atoms with Crippen LogP contribution in [0.5, 0.6) is 5.88 Å². The van der Waals surface area contributed by atoms with Crippen molar-refractivity contribution in [2.45, 2.75) is 6.54 Å². The molecule has 0 amide bonds. The average Bonchev–Trinajstić information content (AvgIpc) is 3.55. The fourth-order valence-electron chi connectivity index (χ4n) is 3.86. The molecule has 0 bridgehead atoms. The molecule has 12 heteroatoms. The lowest BCUT2D eigenvalue weighted by atomic mass is 10.2. The Morgan fingerprint density at radius 1 is 1.00 bits per heavy atom. The first-order valence-electron chi connectivity index (χ1n) is 10.8. The molecule has 5 rings (SSSR count). The Labute approximate surface area is 197 Å². The summed E-state index contributed by atoms with van der Waals surface area (Å²) >= 11 is 5.29. The van der Waals surface area contributed by atoms with Crippen molar-refractivity contribution in [1.29, 1.82) is 0 Å². The molecule has 174 valence electrons. The van der Waals surface area contributed by atoms with E-state index in [0.29, 0.717) is 37.5 Å². The normalized spacial score (nSPS) is 16.6. The highest BCUT2D eigenvalue weighted by Crippen LogP contribution is 2.14. The van der Waals surface area contributed by atoms with Crippen molar-refractivity contribution in [2.24, 2.45) is 20.7 Å². The van der Waals surface area contributed by atoms with Crippen LogP contribution < -0.4 is 16.1 Å². The van der Waals surface area contributed by atoms with Crippen LogP contribution in [0.2, 0.25) is 0 Å². The minimum atomic E-state index is -0.442. The van der Waals surface area contributed by atoms with Gasteiger partial charge in [0.05, 0.1) is 13.2 Å². The Morgan fingerprint density at radius 3 is 2.44 bits per heavy atom. The van der Waals surface area contributed by atoms with E-state index in [-0.39, 0.29) is 16.2 Å². The van der Waals surface area contributed by atoms with Gasteiger partial charge in [-0.15, -0.1) is 10.2 Å². The fraction of sp³-hybridized carbons (Fsp3) is 0.273. The minimum Gasteiger partial charge on any atom is -0.494 e. The predicted octanol–water partition coefficient (Wildman–Crippen LogP) is 1.29. The van der Waals surface area contributed by atoms with E-state index >= 15 is 0 Å². The van der Waals surface area contributed by atoms with Crippen molar-refractivity contribution in [3.05, 3.63) is 78.2 Å². The maximum Gasteiger partial charge on any atom is 0.262 e. The summed E-state index contributed by atoms with van der Waals surface area (Å²) in [6, 6.07) is 11.4. The standard InChI is InChI=1S/C22H22N8O3S/c31-20-17(21(32)30(22(34)24-20)8-7-29-9-11-33-12-10-29)13-16-5-6-18(23-16)14-1-3-15(4-2-14)19-25-27-28-26-19/h1-6,13,23,32H,7-12H2,(H,24,31,34). The maximum absolute atomic E-state index is 12.6. The smallest absolute Gasteiger partial charge is 0.262 e. The monoisotopic (exact) mass is 478 g/mol. The van der Waals surface area contributed by atoms with Gasteiger partial charge in [-0.25, -0.2) is 0 Å². The summed E-state index contributed by atoms with van der Waals surface area (Å²) in [5.41, 5.74) is -0.296. The summed E-state index contributed by atoms with van der Waals surface area (Å²) in [5.74, 6) is 0.313. The highest BCUT2D eigenvalue weighted by Gasteiger charge is 2.14. The molecule has 1 aromatic carbocycles. The maximum atomic E-state index is 12.6. The van der Waals surface area contributed by atoms with E-state index in [2.05, 4.69) is 35.5 Å². The molecule has 4 heterocycles. The van der Waals surface area contributed by atoms with Crippen molar-refractivity contribution in [3.63, 3.8) is 0 Å². The molecule has 2 aromatic heterocycles. The van der Waals surface area contributed by atoms with E-state index < -0.39 is 5.56 Å². The second-order valence-electron chi connectivity index (χ2n) is 7.85. The summed E-state index contributed by atoms with van der Waals surface area (Å²) in [7, 11) is 0. The molecule has 1 saturated heterocycles. The Morgan fingerprint density at radius 2 is 1.71 bits per heavy atom. The molecule has 2 aliphatic rings. The van der Waals surface area contributed by atoms with Crippen LogP contribution in [-0.4, -0.2) is 57.4 Å². The van der Waals surface area contributed by atoms with Crippen LogP contribution in [0.4, 0.5) is 0 Å². The van der Waals surface area contributed by atoms with E-state index in [0.717, 1.165) is 28.9 Å². The fourth-order valence-corrected chi connectivity index (χ4v) is 4.13. The number of nitrogens with one attached hydrogen (secondary N) is 2.